The zero-order chi connectivity index (χ0) is 13.0. The molecule has 1 heterocycles. The second-order valence-corrected chi connectivity index (χ2v) is 6.85. The standard InChI is InChI=1S/C16H32N2/c1-3-5-15-7-9-16(13-17,10-8-15)18-11-4-6-14(2)12-18/h14-15H,3-13,17H2,1-2H3. The van der Waals surface area contributed by atoms with Gasteiger partial charge in [0.2, 0.25) is 0 Å². The molecule has 2 rings (SSSR count). The zero-order valence-corrected chi connectivity index (χ0v) is 12.5. The van der Waals surface area contributed by atoms with Gasteiger partial charge in [-0.1, -0.05) is 26.7 Å². The number of nitrogens with zero attached hydrogens (tertiary/aromatic N) is 1. The van der Waals surface area contributed by atoms with Crippen LogP contribution < -0.4 is 5.73 Å². The highest BCUT2D eigenvalue weighted by Gasteiger charge is 2.40. The van der Waals surface area contributed by atoms with Crippen molar-refractivity contribution in [2.24, 2.45) is 17.6 Å². The van der Waals surface area contributed by atoms with Crippen LogP contribution in [0.3, 0.4) is 0 Å². The van der Waals surface area contributed by atoms with Crippen molar-refractivity contribution in [2.75, 3.05) is 19.6 Å². The first-order chi connectivity index (χ1) is 8.70. The Morgan fingerprint density at radius 1 is 1.22 bits per heavy atom. The summed E-state index contributed by atoms with van der Waals surface area (Å²) in [4.78, 5) is 2.75. The highest BCUT2D eigenvalue weighted by Crippen LogP contribution is 2.39. The molecule has 0 spiro atoms. The number of rotatable bonds is 4. The van der Waals surface area contributed by atoms with Gasteiger partial charge in [-0.2, -0.15) is 0 Å². The minimum absolute atomic E-state index is 0.360. The third kappa shape index (κ3) is 3.08. The molecule has 0 bridgehead atoms. The molecule has 0 aromatic carbocycles. The van der Waals surface area contributed by atoms with E-state index in [0.717, 1.165) is 18.4 Å². The van der Waals surface area contributed by atoms with Crippen LogP contribution >= 0.6 is 0 Å². The maximum Gasteiger partial charge on any atom is 0.0332 e. The molecule has 0 aromatic heterocycles. The van der Waals surface area contributed by atoms with Crippen LogP contribution in [-0.2, 0) is 0 Å². The summed E-state index contributed by atoms with van der Waals surface area (Å²) in [5, 5.41) is 0. The van der Waals surface area contributed by atoms with Gasteiger partial charge in [0.05, 0.1) is 0 Å². The number of piperidine rings is 1. The van der Waals surface area contributed by atoms with Crippen LogP contribution in [0, 0.1) is 11.8 Å². The van der Waals surface area contributed by atoms with Crippen LogP contribution in [0.25, 0.3) is 0 Å². The summed E-state index contributed by atoms with van der Waals surface area (Å²) in [5.41, 5.74) is 6.55. The number of nitrogens with two attached hydrogens (primary N) is 1. The smallest absolute Gasteiger partial charge is 0.0332 e. The molecule has 1 aliphatic carbocycles. The first-order valence-corrected chi connectivity index (χ1v) is 8.15. The van der Waals surface area contributed by atoms with Crippen LogP contribution in [0.1, 0.15) is 65.2 Å². The van der Waals surface area contributed by atoms with Gasteiger partial charge in [0.1, 0.15) is 0 Å². The SMILES string of the molecule is CCCC1CCC(CN)(N2CCCC(C)C2)CC1. The van der Waals surface area contributed by atoms with Gasteiger partial charge in [0.25, 0.3) is 0 Å². The molecule has 0 radical (unpaired) electrons. The molecule has 18 heavy (non-hydrogen) atoms. The molecule has 1 saturated heterocycles. The summed E-state index contributed by atoms with van der Waals surface area (Å²) in [6, 6.07) is 0. The summed E-state index contributed by atoms with van der Waals surface area (Å²) in [7, 11) is 0. The van der Waals surface area contributed by atoms with E-state index >= 15 is 0 Å². The average molecular weight is 252 g/mol. The third-order valence-corrected chi connectivity index (χ3v) is 5.44. The van der Waals surface area contributed by atoms with E-state index in [2.05, 4.69) is 18.7 Å². The first kappa shape index (κ1) is 14.3. The van der Waals surface area contributed by atoms with E-state index in [0.29, 0.717) is 5.54 Å². The molecule has 1 saturated carbocycles. The largest absolute Gasteiger partial charge is 0.329 e. The second-order valence-electron chi connectivity index (χ2n) is 6.85. The van der Waals surface area contributed by atoms with Crippen molar-refractivity contribution in [3.05, 3.63) is 0 Å². The number of likely N-dealkylation sites (tertiary alicyclic amines) is 1. The Bertz CT molecular complexity index is 243. The van der Waals surface area contributed by atoms with E-state index in [1.54, 1.807) is 0 Å². The fourth-order valence-electron chi connectivity index (χ4n) is 4.18. The Kier molecular flexibility index (Phi) is 5.08. The lowest BCUT2D eigenvalue weighted by Crippen LogP contribution is -2.58. The summed E-state index contributed by atoms with van der Waals surface area (Å²) >= 11 is 0. The van der Waals surface area contributed by atoms with Gasteiger partial charge in [-0.05, 0) is 56.9 Å². The fraction of sp³-hybridized carbons (Fsp3) is 1.00. The molecular formula is C16H32N2. The Labute approximate surface area is 113 Å². The molecule has 2 N–H and O–H groups in total. The predicted octanol–water partition coefficient (Wildman–Crippen LogP) is 3.41. The van der Waals surface area contributed by atoms with E-state index < -0.39 is 0 Å². The maximum atomic E-state index is 6.19. The van der Waals surface area contributed by atoms with Gasteiger partial charge >= 0.3 is 0 Å². The van der Waals surface area contributed by atoms with Gasteiger partial charge in [-0.25, -0.2) is 0 Å². The quantitative estimate of drug-likeness (QED) is 0.831. The molecule has 0 amide bonds. The Hall–Kier alpha value is -0.0800. The lowest BCUT2D eigenvalue weighted by atomic mass is 9.73. The van der Waals surface area contributed by atoms with E-state index in [1.165, 1.54) is 64.5 Å². The molecule has 1 unspecified atom stereocenters. The van der Waals surface area contributed by atoms with Crippen LogP contribution in [0.5, 0.6) is 0 Å². The minimum atomic E-state index is 0.360. The first-order valence-electron chi connectivity index (χ1n) is 8.15. The van der Waals surface area contributed by atoms with Crippen molar-refractivity contribution in [2.45, 2.75) is 70.8 Å². The van der Waals surface area contributed by atoms with Gasteiger partial charge in [-0.3, -0.25) is 4.90 Å². The van der Waals surface area contributed by atoms with Gasteiger partial charge in [-0.15, -0.1) is 0 Å². The van der Waals surface area contributed by atoms with E-state index in [4.69, 9.17) is 5.73 Å². The summed E-state index contributed by atoms with van der Waals surface area (Å²) < 4.78 is 0. The Morgan fingerprint density at radius 2 is 1.94 bits per heavy atom. The molecule has 1 aliphatic heterocycles. The minimum Gasteiger partial charge on any atom is -0.329 e. The topological polar surface area (TPSA) is 29.3 Å². The van der Waals surface area contributed by atoms with E-state index in [1.807, 2.05) is 0 Å². The normalized spacial score (nSPS) is 38.8. The van der Waals surface area contributed by atoms with Gasteiger partial charge in [0.15, 0.2) is 0 Å². The fourth-order valence-corrected chi connectivity index (χ4v) is 4.18. The lowest BCUT2D eigenvalue weighted by molar-refractivity contribution is 0.0116. The molecule has 2 nitrogen and oxygen atoms in total. The Morgan fingerprint density at radius 3 is 2.50 bits per heavy atom. The second kappa shape index (κ2) is 6.38. The van der Waals surface area contributed by atoms with E-state index in [9.17, 15) is 0 Å². The van der Waals surface area contributed by atoms with Crippen molar-refractivity contribution in [3.63, 3.8) is 0 Å². The predicted molar refractivity (Wildman–Crippen MR) is 78.6 cm³/mol. The summed E-state index contributed by atoms with van der Waals surface area (Å²) in [6.07, 6.45) is 11.1. The van der Waals surface area contributed by atoms with Crippen LogP contribution in [-0.4, -0.2) is 30.1 Å². The molecular weight excluding hydrogens is 220 g/mol. The summed E-state index contributed by atoms with van der Waals surface area (Å²) in [5.74, 6) is 1.85. The average Bonchev–Trinajstić information content (AvgIpc) is 2.40. The van der Waals surface area contributed by atoms with Crippen molar-refractivity contribution < 1.29 is 0 Å². The molecule has 2 aliphatic rings. The molecule has 2 heteroatoms. The van der Waals surface area contributed by atoms with Crippen molar-refractivity contribution in [1.29, 1.82) is 0 Å². The van der Waals surface area contributed by atoms with E-state index in [-0.39, 0.29) is 0 Å². The Balaban J connectivity index is 1.95. The number of hydrogen-bond donors (Lipinski definition) is 1. The maximum absolute atomic E-state index is 6.19. The van der Waals surface area contributed by atoms with Crippen LogP contribution in [0.15, 0.2) is 0 Å². The van der Waals surface area contributed by atoms with Crippen LogP contribution in [0.4, 0.5) is 0 Å². The third-order valence-electron chi connectivity index (χ3n) is 5.44. The number of hydrogen-bond acceptors (Lipinski definition) is 2. The molecule has 1 atom stereocenters. The molecule has 2 fully saturated rings. The van der Waals surface area contributed by atoms with Gasteiger partial charge < -0.3 is 5.73 Å². The van der Waals surface area contributed by atoms with Gasteiger partial charge in [0, 0.05) is 18.6 Å². The molecule has 106 valence electrons. The highest BCUT2D eigenvalue weighted by molar-refractivity contribution is 4.97. The lowest BCUT2D eigenvalue weighted by Gasteiger charge is -2.50. The highest BCUT2D eigenvalue weighted by atomic mass is 15.2. The monoisotopic (exact) mass is 252 g/mol. The van der Waals surface area contributed by atoms with Crippen molar-refractivity contribution in [1.82, 2.24) is 4.90 Å². The van der Waals surface area contributed by atoms with Crippen LogP contribution in [0.2, 0.25) is 0 Å². The zero-order valence-electron chi connectivity index (χ0n) is 12.5. The van der Waals surface area contributed by atoms with Crippen molar-refractivity contribution >= 4 is 0 Å². The molecule has 0 aromatic rings. The van der Waals surface area contributed by atoms with Crippen molar-refractivity contribution in [3.8, 4) is 0 Å². The summed E-state index contributed by atoms with van der Waals surface area (Å²) in [6.45, 7) is 8.17.